The lowest BCUT2D eigenvalue weighted by molar-refractivity contribution is -0.139. The van der Waals surface area contributed by atoms with E-state index in [2.05, 4.69) is 0 Å². The van der Waals surface area contributed by atoms with Gasteiger partial charge >= 0.3 is 5.97 Å². The lowest BCUT2D eigenvalue weighted by Crippen LogP contribution is -2.29. The number of rotatable bonds is 7. The standard InChI is InChI=1S/C31H31NO6/c1-18(2)38-25-14-11-23(16-20(25)4)29(34)27-28(22-8-6-7-19(3)15-22)32(31(36)30(27)35)24-12-9-21(10-13-24)17-26(33)37-5/h6-16,18,28,34H,17H2,1-5H3/b29-27-. The number of carbonyl (C=O) groups excluding carboxylic acids is 3. The van der Waals surface area contributed by atoms with Gasteiger partial charge in [-0.3, -0.25) is 19.3 Å². The number of nitrogens with zero attached hydrogens (tertiary/aromatic N) is 1. The number of aliphatic hydroxyl groups excluding tert-OH is 1. The molecule has 1 saturated heterocycles. The summed E-state index contributed by atoms with van der Waals surface area (Å²) in [6, 6.07) is 18.7. The third-order valence-corrected chi connectivity index (χ3v) is 6.40. The fourth-order valence-electron chi connectivity index (χ4n) is 4.61. The van der Waals surface area contributed by atoms with Crippen molar-refractivity contribution in [3.63, 3.8) is 0 Å². The average Bonchev–Trinajstić information content (AvgIpc) is 3.15. The highest BCUT2D eigenvalue weighted by Crippen LogP contribution is 2.42. The Labute approximate surface area is 222 Å². The fraction of sp³-hybridized carbons (Fsp3) is 0.258. The Hall–Kier alpha value is -4.39. The molecule has 1 N–H and O–H groups in total. The summed E-state index contributed by atoms with van der Waals surface area (Å²) < 4.78 is 10.5. The van der Waals surface area contributed by atoms with Gasteiger partial charge in [-0.2, -0.15) is 0 Å². The van der Waals surface area contributed by atoms with Crippen molar-refractivity contribution in [2.24, 2.45) is 0 Å². The molecule has 1 fully saturated rings. The number of benzene rings is 3. The SMILES string of the molecule is COC(=O)Cc1ccc(N2C(=O)C(=O)/C(=C(\O)c3ccc(OC(C)C)c(C)c3)C2c2cccc(C)c2)cc1. The first-order chi connectivity index (χ1) is 18.1. The van der Waals surface area contributed by atoms with E-state index in [4.69, 9.17) is 9.47 Å². The molecule has 38 heavy (non-hydrogen) atoms. The summed E-state index contributed by atoms with van der Waals surface area (Å²) in [5.41, 5.74) is 4.06. The van der Waals surface area contributed by atoms with Crippen LogP contribution in [0.5, 0.6) is 5.75 Å². The first-order valence-electron chi connectivity index (χ1n) is 12.4. The van der Waals surface area contributed by atoms with Crippen LogP contribution in [0.4, 0.5) is 5.69 Å². The molecule has 7 nitrogen and oxygen atoms in total. The molecule has 196 valence electrons. The Morgan fingerprint density at radius 2 is 1.71 bits per heavy atom. The van der Waals surface area contributed by atoms with Crippen molar-refractivity contribution in [1.82, 2.24) is 0 Å². The molecule has 1 aliphatic rings. The Morgan fingerprint density at radius 3 is 2.32 bits per heavy atom. The van der Waals surface area contributed by atoms with Crippen LogP contribution in [0.1, 0.15) is 47.7 Å². The number of anilines is 1. The number of hydrogen-bond acceptors (Lipinski definition) is 6. The molecule has 0 radical (unpaired) electrons. The van der Waals surface area contributed by atoms with Crippen LogP contribution in [0.3, 0.4) is 0 Å². The van der Waals surface area contributed by atoms with Crippen LogP contribution in [0.2, 0.25) is 0 Å². The molecular weight excluding hydrogens is 482 g/mol. The maximum absolute atomic E-state index is 13.4. The molecule has 0 spiro atoms. The van der Waals surface area contributed by atoms with Crippen LogP contribution in [0.15, 0.2) is 72.3 Å². The quantitative estimate of drug-likeness (QED) is 0.196. The molecule has 1 atom stereocenters. The van der Waals surface area contributed by atoms with Gasteiger partial charge in [0.05, 0.1) is 31.2 Å². The maximum atomic E-state index is 13.4. The summed E-state index contributed by atoms with van der Waals surface area (Å²) in [4.78, 5) is 39.9. The minimum Gasteiger partial charge on any atom is -0.507 e. The smallest absolute Gasteiger partial charge is 0.309 e. The Bertz CT molecular complexity index is 1420. The number of methoxy groups -OCH3 is 1. The van der Waals surface area contributed by atoms with Crippen molar-refractivity contribution >= 4 is 29.1 Å². The highest BCUT2D eigenvalue weighted by Gasteiger charge is 2.47. The molecule has 0 saturated carbocycles. The number of ketones is 1. The van der Waals surface area contributed by atoms with Crippen molar-refractivity contribution < 1.29 is 29.0 Å². The molecule has 3 aromatic rings. The van der Waals surface area contributed by atoms with Crippen LogP contribution in [0, 0.1) is 13.8 Å². The molecule has 4 rings (SSSR count). The van der Waals surface area contributed by atoms with E-state index in [0.29, 0.717) is 28.1 Å². The van der Waals surface area contributed by atoms with Crippen LogP contribution in [0.25, 0.3) is 5.76 Å². The zero-order chi connectivity index (χ0) is 27.6. The van der Waals surface area contributed by atoms with E-state index >= 15 is 0 Å². The minimum atomic E-state index is -0.840. The van der Waals surface area contributed by atoms with Crippen LogP contribution < -0.4 is 9.64 Å². The van der Waals surface area contributed by atoms with Gasteiger partial charge in [-0.05, 0) is 74.7 Å². The first kappa shape index (κ1) is 26.7. The second-order valence-electron chi connectivity index (χ2n) is 9.65. The number of amides is 1. The van der Waals surface area contributed by atoms with Crippen LogP contribution >= 0.6 is 0 Å². The van der Waals surface area contributed by atoms with E-state index in [0.717, 1.165) is 11.1 Å². The third kappa shape index (κ3) is 5.32. The highest BCUT2D eigenvalue weighted by molar-refractivity contribution is 6.51. The molecule has 0 bridgehead atoms. The Balaban J connectivity index is 1.83. The number of Topliss-reactive ketones (excluding diaryl/α,β-unsaturated/α-hetero) is 1. The van der Waals surface area contributed by atoms with Crippen LogP contribution in [-0.4, -0.2) is 36.0 Å². The van der Waals surface area contributed by atoms with E-state index in [1.807, 2.05) is 52.0 Å². The average molecular weight is 514 g/mol. The monoisotopic (exact) mass is 513 g/mol. The fourth-order valence-corrected chi connectivity index (χ4v) is 4.61. The topological polar surface area (TPSA) is 93.1 Å². The van der Waals surface area contributed by atoms with Gasteiger partial charge in [0, 0.05) is 11.3 Å². The van der Waals surface area contributed by atoms with Gasteiger partial charge in [-0.15, -0.1) is 0 Å². The summed E-state index contributed by atoms with van der Waals surface area (Å²) >= 11 is 0. The lowest BCUT2D eigenvalue weighted by atomic mass is 9.93. The largest absolute Gasteiger partial charge is 0.507 e. The molecule has 7 heteroatoms. The predicted octanol–water partition coefficient (Wildman–Crippen LogP) is 5.43. The van der Waals surface area contributed by atoms with Crippen molar-refractivity contribution in [2.75, 3.05) is 12.0 Å². The summed E-state index contributed by atoms with van der Waals surface area (Å²) in [5, 5.41) is 11.4. The number of esters is 1. The minimum absolute atomic E-state index is 0.0103. The zero-order valence-electron chi connectivity index (χ0n) is 22.1. The number of carbonyl (C=O) groups is 3. The van der Waals surface area contributed by atoms with Gasteiger partial charge < -0.3 is 14.6 Å². The van der Waals surface area contributed by atoms with E-state index in [9.17, 15) is 19.5 Å². The Morgan fingerprint density at radius 1 is 1.00 bits per heavy atom. The first-order valence-corrected chi connectivity index (χ1v) is 12.4. The second-order valence-corrected chi connectivity index (χ2v) is 9.65. The van der Waals surface area contributed by atoms with Gasteiger partial charge in [-0.1, -0.05) is 42.0 Å². The normalized spacial score (nSPS) is 16.7. The van der Waals surface area contributed by atoms with E-state index in [-0.39, 0.29) is 29.8 Å². The molecule has 1 amide bonds. The maximum Gasteiger partial charge on any atom is 0.309 e. The third-order valence-electron chi connectivity index (χ3n) is 6.40. The number of ether oxygens (including phenoxy) is 2. The summed E-state index contributed by atoms with van der Waals surface area (Å²) in [7, 11) is 1.32. The van der Waals surface area contributed by atoms with Gasteiger partial charge in [0.1, 0.15) is 11.5 Å². The van der Waals surface area contributed by atoms with Gasteiger partial charge in [0.15, 0.2) is 0 Å². The van der Waals surface area contributed by atoms with Crippen LogP contribution in [-0.2, 0) is 25.5 Å². The molecule has 0 aliphatic carbocycles. The number of hydrogen-bond donors (Lipinski definition) is 1. The molecule has 1 unspecified atom stereocenters. The zero-order valence-corrected chi connectivity index (χ0v) is 22.1. The van der Waals surface area contributed by atoms with Crippen molar-refractivity contribution in [3.05, 3.63) is 100 Å². The summed E-state index contributed by atoms with van der Waals surface area (Å²) in [6.45, 7) is 7.65. The van der Waals surface area contributed by atoms with Gasteiger partial charge in [0.2, 0.25) is 0 Å². The highest BCUT2D eigenvalue weighted by atomic mass is 16.5. The molecule has 1 heterocycles. The Kier molecular flexibility index (Phi) is 7.67. The molecule has 3 aromatic carbocycles. The number of aryl methyl sites for hydroxylation is 2. The summed E-state index contributed by atoms with van der Waals surface area (Å²) in [5.74, 6) is -1.46. The second kappa shape index (κ2) is 10.9. The predicted molar refractivity (Wildman–Crippen MR) is 145 cm³/mol. The molecule has 1 aliphatic heterocycles. The van der Waals surface area contributed by atoms with Gasteiger partial charge in [-0.25, -0.2) is 0 Å². The lowest BCUT2D eigenvalue weighted by Gasteiger charge is -2.26. The molecular formula is C31H31NO6. The van der Waals surface area contributed by atoms with Crippen molar-refractivity contribution in [3.8, 4) is 5.75 Å². The van der Waals surface area contributed by atoms with E-state index in [1.165, 1.54) is 12.0 Å². The van der Waals surface area contributed by atoms with E-state index in [1.54, 1.807) is 42.5 Å². The van der Waals surface area contributed by atoms with Crippen molar-refractivity contribution in [1.29, 1.82) is 0 Å². The molecule has 0 aromatic heterocycles. The summed E-state index contributed by atoms with van der Waals surface area (Å²) in [6.07, 6.45) is 0.0751. The van der Waals surface area contributed by atoms with Crippen molar-refractivity contribution in [2.45, 2.75) is 46.3 Å². The number of aliphatic hydroxyl groups is 1. The van der Waals surface area contributed by atoms with E-state index < -0.39 is 17.7 Å². The van der Waals surface area contributed by atoms with Gasteiger partial charge in [0.25, 0.3) is 11.7 Å².